The average Bonchev–Trinajstić information content (AvgIpc) is 3.30. The topological polar surface area (TPSA) is 36.9 Å². The SMILES string of the molecule is Cc1cc(OCC2CCCCO2)cc(C)c1-c1cccc(COc2ccc3c(c2)OCC3)c1. The molecule has 4 nitrogen and oxygen atoms in total. The predicted molar refractivity (Wildman–Crippen MR) is 130 cm³/mol. The summed E-state index contributed by atoms with van der Waals surface area (Å²) in [5.74, 6) is 2.71. The Bertz CT molecular complexity index is 1090. The lowest BCUT2D eigenvalue weighted by Crippen LogP contribution is -2.25. The molecule has 0 aromatic heterocycles. The Balaban J connectivity index is 1.27. The van der Waals surface area contributed by atoms with Gasteiger partial charge in [-0.05, 0) is 90.8 Å². The van der Waals surface area contributed by atoms with Crippen LogP contribution in [0.3, 0.4) is 0 Å². The molecule has 1 atom stereocenters. The molecule has 0 aliphatic carbocycles. The minimum Gasteiger partial charge on any atom is -0.493 e. The van der Waals surface area contributed by atoms with E-state index in [1.54, 1.807) is 0 Å². The van der Waals surface area contributed by atoms with E-state index in [1.807, 2.05) is 12.1 Å². The molecule has 1 fully saturated rings. The van der Waals surface area contributed by atoms with Gasteiger partial charge in [0.25, 0.3) is 0 Å². The molecule has 0 radical (unpaired) electrons. The van der Waals surface area contributed by atoms with Gasteiger partial charge in [0.05, 0.1) is 12.7 Å². The fraction of sp³-hybridized carbons (Fsp3) is 0.379. The normalized spacial score (nSPS) is 17.3. The van der Waals surface area contributed by atoms with Crippen LogP contribution in [0.5, 0.6) is 17.2 Å². The van der Waals surface area contributed by atoms with Crippen LogP contribution in [0.2, 0.25) is 0 Å². The van der Waals surface area contributed by atoms with Crippen LogP contribution in [0.4, 0.5) is 0 Å². The van der Waals surface area contributed by atoms with E-state index in [1.165, 1.54) is 34.2 Å². The highest BCUT2D eigenvalue weighted by Crippen LogP contribution is 2.33. The monoisotopic (exact) mass is 444 g/mol. The van der Waals surface area contributed by atoms with Crippen LogP contribution in [0.25, 0.3) is 11.1 Å². The molecular weight excluding hydrogens is 412 g/mol. The van der Waals surface area contributed by atoms with Crippen molar-refractivity contribution in [3.63, 3.8) is 0 Å². The second-order valence-electron chi connectivity index (χ2n) is 9.09. The first kappa shape index (κ1) is 21.8. The number of aryl methyl sites for hydroxylation is 2. The van der Waals surface area contributed by atoms with Gasteiger partial charge in [0.1, 0.15) is 30.5 Å². The minimum atomic E-state index is 0.216. The molecule has 0 spiro atoms. The van der Waals surface area contributed by atoms with Gasteiger partial charge in [0.15, 0.2) is 0 Å². The molecule has 1 unspecified atom stereocenters. The van der Waals surface area contributed by atoms with Crippen LogP contribution in [-0.2, 0) is 17.8 Å². The molecule has 2 heterocycles. The third-order valence-electron chi connectivity index (χ3n) is 6.50. The zero-order valence-electron chi connectivity index (χ0n) is 19.6. The van der Waals surface area contributed by atoms with E-state index in [-0.39, 0.29) is 6.10 Å². The third kappa shape index (κ3) is 5.17. The van der Waals surface area contributed by atoms with Crippen LogP contribution >= 0.6 is 0 Å². The first-order valence-corrected chi connectivity index (χ1v) is 12.0. The maximum Gasteiger partial charge on any atom is 0.126 e. The lowest BCUT2D eigenvalue weighted by atomic mass is 9.94. The first-order chi connectivity index (χ1) is 16.2. The Morgan fingerprint density at radius 2 is 1.76 bits per heavy atom. The Kier molecular flexibility index (Phi) is 6.54. The molecule has 0 bridgehead atoms. The van der Waals surface area contributed by atoms with Gasteiger partial charge >= 0.3 is 0 Å². The Morgan fingerprint density at radius 1 is 0.879 bits per heavy atom. The van der Waals surface area contributed by atoms with Gasteiger partial charge in [-0.25, -0.2) is 0 Å². The van der Waals surface area contributed by atoms with E-state index in [2.05, 4.69) is 56.3 Å². The largest absolute Gasteiger partial charge is 0.493 e. The summed E-state index contributed by atoms with van der Waals surface area (Å²) in [7, 11) is 0. The zero-order chi connectivity index (χ0) is 22.6. The van der Waals surface area contributed by atoms with Gasteiger partial charge in [-0.2, -0.15) is 0 Å². The van der Waals surface area contributed by atoms with Crippen molar-refractivity contribution in [3.05, 3.63) is 76.9 Å². The van der Waals surface area contributed by atoms with Crippen molar-refractivity contribution < 1.29 is 18.9 Å². The second kappa shape index (κ2) is 9.88. The van der Waals surface area contributed by atoms with Crippen LogP contribution in [0, 0.1) is 13.8 Å². The summed E-state index contributed by atoms with van der Waals surface area (Å²) in [6.45, 7) is 7.06. The van der Waals surface area contributed by atoms with E-state index < -0.39 is 0 Å². The van der Waals surface area contributed by atoms with Gasteiger partial charge in [-0.15, -0.1) is 0 Å². The highest BCUT2D eigenvalue weighted by Gasteiger charge is 2.16. The summed E-state index contributed by atoms with van der Waals surface area (Å²) < 4.78 is 23.6. The number of hydrogen-bond acceptors (Lipinski definition) is 4. The molecule has 5 rings (SSSR count). The van der Waals surface area contributed by atoms with E-state index in [0.29, 0.717) is 13.2 Å². The zero-order valence-corrected chi connectivity index (χ0v) is 19.6. The van der Waals surface area contributed by atoms with Gasteiger partial charge < -0.3 is 18.9 Å². The molecule has 3 aromatic carbocycles. The number of hydrogen-bond donors (Lipinski definition) is 0. The van der Waals surface area contributed by atoms with Crippen LogP contribution in [0.15, 0.2) is 54.6 Å². The van der Waals surface area contributed by atoms with Crippen LogP contribution in [0.1, 0.15) is 41.5 Å². The third-order valence-corrected chi connectivity index (χ3v) is 6.50. The first-order valence-electron chi connectivity index (χ1n) is 12.0. The highest BCUT2D eigenvalue weighted by atomic mass is 16.5. The van der Waals surface area contributed by atoms with Gasteiger partial charge in [0.2, 0.25) is 0 Å². The van der Waals surface area contributed by atoms with Gasteiger partial charge in [-0.1, -0.05) is 24.3 Å². The number of fused-ring (bicyclic) bond motifs is 1. The number of ether oxygens (including phenoxy) is 4. The van der Waals surface area contributed by atoms with Crippen molar-refractivity contribution >= 4 is 0 Å². The molecule has 172 valence electrons. The molecule has 0 N–H and O–H groups in total. The van der Waals surface area contributed by atoms with Crippen LogP contribution in [-0.4, -0.2) is 25.9 Å². The lowest BCUT2D eigenvalue weighted by Gasteiger charge is -2.23. The summed E-state index contributed by atoms with van der Waals surface area (Å²) in [6, 6.07) is 19.0. The van der Waals surface area contributed by atoms with Crippen molar-refractivity contribution in [1.29, 1.82) is 0 Å². The van der Waals surface area contributed by atoms with Crippen molar-refractivity contribution in [2.24, 2.45) is 0 Å². The quantitative estimate of drug-likeness (QED) is 0.421. The summed E-state index contributed by atoms with van der Waals surface area (Å²) >= 11 is 0. The summed E-state index contributed by atoms with van der Waals surface area (Å²) in [6.07, 6.45) is 4.67. The highest BCUT2D eigenvalue weighted by molar-refractivity contribution is 5.72. The minimum absolute atomic E-state index is 0.216. The number of rotatable bonds is 7. The molecule has 4 heteroatoms. The molecule has 1 saturated heterocycles. The average molecular weight is 445 g/mol. The van der Waals surface area contributed by atoms with E-state index in [0.717, 1.165) is 55.3 Å². The second-order valence-corrected chi connectivity index (χ2v) is 9.09. The standard InChI is InChI=1S/C29H32O4/c1-20-14-27(33-19-26-8-3-4-12-30-26)15-21(2)29(20)24-7-5-6-22(16-24)18-32-25-10-9-23-11-13-31-28(23)17-25/h5-7,9-10,14-17,26H,3-4,8,11-13,18-19H2,1-2H3. The van der Waals surface area contributed by atoms with E-state index in [9.17, 15) is 0 Å². The molecular formula is C29H32O4. The van der Waals surface area contributed by atoms with Crippen molar-refractivity contribution in [2.75, 3.05) is 19.8 Å². The Hall–Kier alpha value is -2.98. The smallest absolute Gasteiger partial charge is 0.126 e. The van der Waals surface area contributed by atoms with Gasteiger partial charge in [0, 0.05) is 19.1 Å². The summed E-state index contributed by atoms with van der Waals surface area (Å²) in [5.41, 5.74) is 7.28. The molecule has 2 aliphatic rings. The number of benzene rings is 3. The molecule has 0 saturated carbocycles. The maximum absolute atomic E-state index is 6.09. The summed E-state index contributed by atoms with van der Waals surface area (Å²) in [5, 5.41) is 0. The summed E-state index contributed by atoms with van der Waals surface area (Å²) in [4.78, 5) is 0. The molecule has 0 amide bonds. The predicted octanol–water partition coefficient (Wildman–Crippen LogP) is 6.43. The van der Waals surface area contributed by atoms with Crippen molar-refractivity contribution in [3.8, 4) is 28.4 Å². The Labute approximate surface area is 196 Å². The van der Waals surface area contributed by atoms with Crippen molar-refractivity contribution in [1.82, 2.24) is 0 Å². The molecule has 33 heavy (non-hydrogen) atoms. The Morgan fingerprint density at radius 3 is 2.58 bits per heavy atom. The molecule has 3 aromatic rings. The lowest BCUT2D eigenvalue weighted by molar-refractivity contribution is -0.0110. The van der Waals surface area contributed by atoms with E-state index >= 15 is 0 Å². The fourth-order valence-electron chi connectivity index (χ4n) is 4.81. The van der Waals surface area contributed by atoms with Crippen molar-refractivity contribution in [2.45, 2.75) is 52.2 Å². The maximum atomic E-state index is 6.09. The van der Waals surface area contributed by atoms with Crippen LogP contribution < -0.4 is 14.2 Å². The van der Waals surface area contributed by atoms with Gasteiger partial charge in [-0.3, -0.25) is 0 Å². The molecule has 2 aliphatic heterocycles. The van der Waals surface area contributed by atoms with E-state index in [4.69, 9.17) is 18.9 Å². The fourth-order valence-corrected chi connectivity index (χ4v) is 4.81.